The number of nitrogens with two attached hydrogens (primary N) is 1. The number of benzene rings is 2. The number of carbonyl (C=O) groups is 4. The largest absolute Gasteiger partial charge is 0.480 e. The van der Waals surface area contributed by atoms with Gasteiger partial charge in [0.15, 0.2) is 0 Å². The number of rotatable bonds is 9. The van der Waals surface area contributed by atoms with Crippen molar-refractivity contribution < 1.29 is 29.4 Å². The summed E-state index contributed by atoms with van der Waals surface area (Å²) in [6.45, 7) is -1.40. The number of amides is 3. The molecule has 3 rings (SSSR count). The van der Waals surface area contributed by atoms with Gasteiger partial charge in [-0.15, -0.1) is 0 Å². The molecule has 1 aliphatic heterocycles. The van der Waals surface area contributed by atoms with Crippen molar-refractivity contribution in [3.63, 3.8) is 0 Å². The molecular formula is C24H27N5O6S. The number of thiol groups is 1. The molecule has 0 saturated carbocycles. The van der Waals surface area contributed by atoms with Crippen LogP contribution in [-0.4, -0.2) is 88.7 Å². The number of aliphatic hydroxyl groups is 1. The van der Waals surface area contributed by atoms with Crippen LogP contribution in [0.2, 0.25) is 0 Å². The van der Waals surface area contributed by atoms with Gasteiger partial charge in [-0.05, 0) is 6.07 Å². The monoisotopic (exact) mass is 513 g/mol. The number of hydrogen-bond acceptors (Lipinski definition) is 8. The molecule has 0 aliphatic carbocycles. The standard InChI is InChI=1S/C24H27N5O6S/c1-28(22(32)16(25)13-36)21-23(33)29(11-19(31)26-17(12-30)24(34)35)18-10-6-5-9-15(18)20(27-21)14-7-3-2-4-8-14/h2-10,16-17,21,30,36H,11-13,25H2,1H3,(H,26,31)(H,34,35)/t16-,17-,21+/m0/s1. The quantitative estimate of drug-likeness (QED) is 0.281. The Bertz CT molecular complexity index is 1170. The zero-order chi connectivity index (χ0) is 26.4. The van der Waals surface area contributed by atoms with Crippen molar-refractivity contribution in [1.82, 2.24) is 10.2 Å². The van der Waals surface area contributed by atoms with E-state index in [2.05, 4.69) is 22.9 Å². The molecule has 0 fully saturated rings. The molecular weight excluding hydrogens is 486 g/mol. The Morgan fingerprint density at radius 3 is 2.42 bits per heavy atom. The molecule has 0 saturated heterocycles. The van der Waals surface area contributed by atoms with E-state index in [1.165, 1.54) is 7.05 Å². The average Bonchev–Trinajstić information content (AvgIpc) is 3.01. The van der Waals surface area contributed by atoms with Crippen LogP contribution in [0.4, 0.5) is 5.69 Å². The Morgan fingerprint density at radius 1 is 1.17 bits per heavy atom. The summed E-state index contributed by atoms with van der Waals surface area (Å²) in [4.78, 5) is 57.6. The van der Waals surface area contributed by atoms with Gasteiger partial charge in [-0.25, -0.2) is 9.79 Å². The molecule has 1 aliphatic rings. The van der Waals surface area contributed by atoms with Crippen molar-refractivity contribution in [2.75, 3.05) is 30.9 Å². The number of nitrogens with zero attached hydrogens (tertiary/aromatic N) is 3. The van der Waals surface area contributed by atoms with E-state index in [0.29, 0.717) is 22.5 Å². The van der Waals surface area contributed by atoms with E-state index in [1.807, 2.05) is 6.07 Å². The first-order valence-corrected chi connectivity index (χ1v) is 11.6. The normalized spacial score (nSPS) is 16.8. The van der Waals surface area contributed by atoms with E-state index in [-0.39, 0.29) is 5.75 Å². The number of hydrogen-bond donors (Lipinski definition) is 5. The fourth-order valence-electron chi connectivity index (χ4n) is 3.69. The smallest absolute Gasteiger partial charge is 0.328 e. The predicted molar refractivity (Wildman–Crippen MR) is 136 cm³/mol. The minimum Gasteiger partial charge on any atom is -0.480 e. The maximum Gasteiger partial charge on any atom is 0.328 e. The van der Waals surface area contributed by atoms with Crippen molar-refractivity contribution in [3.8, 4) is 0 Å². The van der Waals surface area contributed by atoms with Gasteiger partial charge in [0.25, 0.3) is 5.91 Å². The number of carbonyl (C=O) groups excluding carboxylic acids is 3. The topological polar surface area (TPSA) is 166 Å². The average molecular weight is 514 g/mol. The van der Waals surface area contributed by atoms with Gasteiger partial charge in [-0.2, -0.15) is 12.6 Å². The first-order valence-electron chi connectivity index (χ1n) is 11.0. The third-order valence-electron chi connectivity index (χ3n) is 5.58. The van der Waals surface area contributed by atoms with Crippen molar-refractivity contribution in [3.05, 3.63) is 65.7 Å². The summed E-state index contributed by atoms with van der Waals surface area (Å²) in [5.74, 6) is -3.46. The summed E-state index contributed by atoms with van der Waals surface area (Å²) in [6, 6.07) is 13.3. The van der Waals surface area contributed by atoms with Gasteiger partial charge in [-0.1, -0.05) is 48.5 Å². The maximum absolute atomic E-state index is 13.8. The molecule has 190 valence electrons. The van der Waals surface area contributed by atoms with Gasteiger partial charge in [0.05, 0.1) is 24.0 Å². The highest BCUT2D eigenvalue weighted by molar-refractivity contribution is 7.80. The predicted octanol–water partition coefficient (Wildman–Crippen LogP) is -0.526. The first-order chi connectivity index (χ1) is 17.2. The fraction of sp³-hybridized carbons (Fsp3) is 0.292. The zero-order valence-corrected chi connectivity index (χ0v) is 20.3. The van der Waals surface area contributed by atoms with Gasteiger partial charge < -0.3 is 26.2 Å². The van der Waals surface area contributed by atoms with Crippen molar-refractivity contribution >= 4 is 47.7 Å². The van der Waals surface area contributed by atoms with Crippen molar-refractivity contribution in [1.29, 1.82) is 0 Å². The lowest BCUT2D eigenvalue weighted by molar-refractivity contribution is -0.143. The second-order valence-electron chi connectivity index (χ2n) is 8.04. The van der Waals surface area contributed by atoms with Crippen LogP contribution in [0.3, 0.4) is 0 Å². The summed E-state index contributed by atoms with van der Waals surface area (Å²) < 4.78 is 0. The fourth-order valence-corrected chi connectivity index (χ4v) is 3.84. The molecule has 2 aromatic carbocycles. The summed E-state index contributed by atoms with van der Waals surface area (Å²) >= 11 is 4.07. The van der Waals surface area contributed by atoms with Gasteiger partial charge in [0.1, 0.15) is 12.6 Å². The van der Waals surface area contributed by atoms with E-state index < -0.39 is 55.1 Å². The SMILES string of the molecule is CN(C(=O)[C@@H](N)CS)[C@H]1N=C(c2ccccc2)c2ccccc2N(CC(=O)N[C@@H](CO)C(=O)O)C1=O. The molecule has 0 unspecified atom stereocenters. The number of aliphatic hydroxyl groups excluding tert-OH is 1. The number of aliphatic imine (C=N–C) groups is 1. The molecule has 0 aromatic heterocycles. The van der Waals surface area contributed by atoms with Crippen LogP contribution >= 0.6 is 12.6 Å². The highest BCUT2D eigenvalue weighted by atomic mass is 32.1. The van der Waals surface area contributed by atoms with E-state index in [9.17, 15) is 24.3 Å². The highest BCUT2D eigenvalue weighted by Crippen LogP contribution is 2.29. The van der Waals surface area contributed by atoms with E-state index in [0.717, 1.165) is 9.80 Å². The molecule has 11 nitrogen and oxygen atoms in total. The molecule has 0 spiro atoms. The summed E-state index contributed by atoms with van der Waals surface area (Å²) in [5, 5.41) is 20.6. The number of carboxylic acid groups (broad SMARTS) is 1. The minimum absolute atomic E-state index is 0.0451. The lowest BCUT2D eigenvalue weighted by atomic mass is 10.0. The van der Waals surface area contributed by atoms with Crippen molar-refractivity contribution in [2.24, 2.45) is 10.7 Å². The summed E-state index contributed by atoms with van der Waals surface area (Å²) in [5.41, 5.74) is 7.85. The molecule has 1 heterocycles. The molecule has 3 amide bonds. The Balaban J connectivity index is 2.11. The summed E-state index contributed by atoms with van der Waals surface area (Å²) in [7, 11) is 1.39. The number of fused-ring (bicyclic) bond motifs is 1. The van der Waals surface area contributed by atoms with Crippen LogP contribution in [-0.2, 0) is 19.2 Å². The number of anilines is 1. The summed E-state index contributed by atoms with van der Waals surface area (Å²) in [6.07, 6.45) is -1.37. The number of benzodiazepines with no additional fused rings is 1. The zero-order valence-electron chi connectivity index (χ0n) is 19.4. The molecule has 0 radical (unpaired) electrons. The molecule has 0 bridgehead atoms. The third kappa shape index (κ3) is 5.73. The van der Waals surface area contributed by atoms with Gasteiger partial charge in [0, 0.05) is 23.9 Å². The number of para-hydroxylation sites is 1. The van der Waals surface area contributed by atoms with Crippen LogP contribution in [0.5, 0.6) is 0 Å². The van der Waals surface area contributed by atoms with Crippen LogP contribution in [0.15, 0.2) is 59.6 Å². The van der Waals surface area contributed by atoms with Crippen LogP contribution < -0.4 is 16.0 Å². The minimum atomic E-state index is -1.54. The molecule has 5 N–H and O–H groups in total. The number of carboxylic acids is 1. The van der Waals surface area contributed by atoms with Gasteiger partial charge in [-0.3, -0.25) is 19.3 Å². The lowest BCUT2D eigenvalue weighted by Gasteiger charge is -2.30. The third-order valence-corrected chi connectivity index (χ3v) is 5.97. The number of aliphatic carboxylic acids is 1. The van der Waals surface area contributed by atoms with Gasteiger partial charge >= 0.3 is 5.97 Å². The molecule has 36 heavy (non-hydrogen) atoms. The van der Waals surface area contributed by atoms with Crippen LogP contribution in [0.25, 0.3) is 0 Å². The second kappa shape index (κ2) is 11.8. The van der Waals surface area contributed by atoms with E-state index in [4.69, 9.17) is 10.8 Å². The first kappa shape index (κ1) is 26.9. The van der Waals surface area contributed by atoms with Crippen molar-refractivity contribution in [2.45, 2.75) is 18.2 Å². The molecule has 12 heteroatoms. The second-order valence-corrected chi connectivity index (χ2v) is 8.40. The number of nitrogens with one attached hydrogen (secondary N) is 1. The number of likely N-dealkylation sites (N-methyl/N-ethyl adjacent to an activating group) is 1. The Kier molecular flexibility index (Phi) is 8.80. The van der Waals surface area contributed by atoms with Gasteiger partial charge in [0.2, 0.25) is 18.0 Å². The Morgan fingerprint density at radius 2 is 1.81 bits per heavy atom. The lowest BCUT2D eigenvalue weighted by Crippen LogP contribution is -2.55. The van der Waals surface area contributed by atoms with E-state index in [1.54, 1.807) is 48.5 Å². The molecule has 3 atom stereocenters. The van der Waals surface area contributed by atoms with E-state index >= 15 is 0 Å². The van der Waals surface area contributed by atoms with Crippen LogP contribution in [0, 0.1) is 0 Å². The Hall–Kier alpha value is -3.74. The molecule has 2 aromatic rings. The maximum atomic E-state index is 13.8. The van der Waals surface area contributed by atoms with Crippen LogP contribution in [0.1, 0.15) is 11.1 Å². The Labute approximate surface area is 213 Å². The highest BCUT2D eigenvalue weighted by Gasteiger charge is 2.38.